The molecule has 0 spiro atoms. The molecule has 0 saturated heterocycles. The highest BCUT2D eigenvalue weighted by molar-refractivity contribution is 7.90. The average Bonchev–Trinajstić information content (AvgIpc) is 2.90. The van der Waals surface area contributed by atoms with Gasteiger partial charge < -0.3 is 9.84 Å². The van der Waals surface area contributed by atoms with E-state index in [1.54, 1.807) is 0 Å². The van der Waals surface area contributed by atoms with Crippen molar-refractivity contribution in [2.45, 2.75) is 11.3 Å². The highest BCUT2D eigenvalue weighted by Crippen LogP contribution is 2.27. The highest BCUT2D eigenvalue weighted by Gasteiger charge is 2.18. The van der Waals surface area contributed by atoms with Crippen molar-refractivity contribution in [3.63, 3.8) is 0 Å². The molecule has 0 amide bonds. The summed E-state index contributed by atoms with van der Waals surface area (Å²) in [4.78, 5) is 14.1. The Morgan fingerprint density at radius 1 is 1.43 bits per heavy atom. The summed E-state index contributed by atoms with van der Waals surface area (Å²) in [6.07, 6.45) is 2.65. The number of aromatic nitrogens is 2. The molecule has 0 aliphatic heterocycles. The van der Waals surface area contributed by atoms with Crippen molar-refractivity contribution in [1.29, 1.82) is 0 Å². The fraction of sp³-hybridized carbons (Fsp3) is 0.273. The van der Waals surface area contributed by atoms with E-state index in [1.165, 1.54) is 18.5 Å². The van der Waals surface area contributed by atoms with Gasteiger partial charge in [-0.15, -0.1) is 0 Å². The van der Waals surface area contributed by atoms with Crippen LogP contribution in [-0.4, -0.2) is 36.3 Å². The Bertz CT molecular complexity index is 742. The van der Waals surface area contributed by atoms with Crippen LogP contribution < -0.4 is 5.32 Å². The SMILES string of the molecule is CS(=O)(=O)c1ccc(NCCc2ncno2)c([N+](=O)[O-])c1. The van der Waals surface area contributed by atoms with E-state index in [2.05, 4.69) is 15.5 Å². The summed E-state index contributed by atoms with van der Waals surface area (Å²) in [7, 11) is -3.50. The first-order valence-corrected chi connectivity index (χ1v) is 7.75. The van der Waals surface area contributed by atoms with Crippen LogP contribution in [0.3, 0.4) is 0 Å². The number of nitro benzene ring substituents is 1. The molecule has 0 bridgehead atoms. The van der Waals surface area contributed by atoms with Gasteiger partial charge in [-0.3, -0.25) is 10.1 Å². The maximum Gasteiger partial charge on any atom is 0.293 e. The Kier molecular flexibility index (Phi) is 4.17. The molecule has 0 unspecified atom stereocenters. The first kappa shape index (κ1) is 14.9. The molecule has 2 aromatic rings. The van der Waals surface area contributed by atoms with Crippen LogP contribution in [0.5, 0.6) is 0 Å². The smallest absolute Gasteiger partial charge is 0.293 e. The Morgan fingerprint density at radius 3 is 2.76 bits per heavy atom. The molecule has 1 aromatic heterocycles. The first-order chi connectivity index (χ1) is 9.88. The lowest BCUT2D eigenvalue weighted by Crippen LogP contribution is -2.08. The molecule has 0 atom stereocenters. The summed E-state index contributed by atoms with van der Waals surface area (Å²) in [6, 6.07) is 3.71. The number of sulfone groups is 1. The minimum atomic E-state index is -3.50. The summed E-state index contributed by atoms with van der Waals surface area (Å²) in [5.41, 5.74) is -0.0737. The van der Waals surface area contributed by atoms with E-state index in [-0.39, 0.29) is 16.3 Å². The molecule has 21 heavy (non-hydrogen) atoms. The van der Waals surface area contributed by atoms with Gasteiger partial charge in [-0.2, -0.15) is 4.98 Å². The van der Waals surface area contributed by atoms with Crippen LogP contribution in [-0.2, 0) is 16.3 Å². The maximum absolute atomic E-state index is 11.4. The van der Waals surface area contributed by atoms with Crippen LogP contribution in [0.2, 0.25) is 0 Å². The molecule has 1 aromatic carbocycles. The third-order valence-electron chi connectivity index (χ3n) is 2.66. The van der Waals surface area contributed by atoms with Gasteiger partial charge >= 0.3 is 0 Å². The lowest BCUT2D eigenvalue weighted by Gasteiger charge is -2.07. The van der Waals surface area contributed by atoms with Gasteiger partial charge in [0.15, 0.2) is 16.2 Å². The second-order valence-electron chi connectivity index (χ2n) is 4.22. The van der Waals surface area contributed by atoms with Crippen molar-refractivity contribution >= 4 is 21.2 Å². The molecule has 2 rings (SSSR count). The monoisotopic (exact) mass is 312 g/mol. The van der Waals surface area contributed by atoms with Crippen LogP contribution in [0.1, 0.15) is 5.89 Å². The van der Waals surface area contributed by atoms with E-state index in [4.69, 9.17) is 4.52 Å². The van der Waals surface area contributed by atoms with Gasteiger partial charge in [0.25, 0.3) is 5.69 Å². The van der Waals surface area contributed by atoms with E-state index in [0.29, 0.717) is 18.9 Å². The molecule has 1 N–H and O–H groups in total. The van der Waals surface area contributed by atoms with Gasteiger partial charge in [-0.05, 0) is 12.1 Å². The topological polar surface area (TPSA) is 128 Å². The van der Waals surface area contributed by atoms with Crippen molar-refractivity contribution in [3.8, 4) is 0 Å². The third-order valence-corrected chi connectivity index (χ3v) is 3.77. The number of hydrogen-bond donors (Lipinski definition) is 1. The lowest BCUT2D eigenvalue weighted by atomic mass is 10.2. The molecule has 0 fully saturated rings. The molecule has 10 heteroatoms. The minimum absolute atomic E-state index is 0.100. The second kappa shape index (κ2) is 5.87. The van der Waals surface area contributed by atoms with Crippen LogP contribution >= 0.6 is 0 Å². The Hall–Kier alpha value is -2.49. The largest absolute Gasteiger partial charge is 0.379 e. The first-order valence-electron chi connectivity index (χ1n) is 5.86. The number of nitro groups is 1. The van der Waals surface area contributed by atoms with Crippen molar-refractivity contribution in [2.24, 2.45) is 0 Å². The zero-order valence-corrected chi connectivity index (χ0v) is 11.8. The maximum atomic E-state index is 11.4. The van der Waals surface area contributed by atoms with Crippen LogP contribution in [0.15, 0.2) is 33.9 Å². The van der Waals surface area contributed by atoms with Gasteiger partial charge in [-0.1, -0.05) is 5.16 Å². The van der Waals surface area contributed by atoms with Gasteiger partial charge in [0.1, 0.15) is 5.69 Å². The molecule has 112 valence electrons. The molecule has 0 radical (unpaired) electrons. The predicted octanol–water partition coefficient (Wildman–Crippen LogP) is 1.04. The summed E-state index contributed by atoms with van der Waals surface area (Å²) >= 11 is 0. The van der Waals surface area contributed by atoms with E-state index < -0.39 is 14.8 Å². The number of rotatable bonds is 6. The van der Waals surface area contributed by atoms with Gasteiger partial charge in [-0.25, -0.2) is 8.42 Å². The summed E-state index contributed by atoms with van der Waals surface area (Å²) in [5, 5.41) is 17.3. The summed E-state index contributed by atoms with van der Waals surface area (Å²) in [6.45, 7) is 0.335. The quantitative estimate of drug-likeness (QED) is 0.618. The normalized spacial score (nSPS) is 11.3. The van der Waals surface area contributed by atoms with Crippen LogP contribution in [0, 0.1) is 10.1 Å². The molecule has 1 heterocycles. The van der Waals surface area contributed by atoms with Gasteiger partial charge in [0, 0.05) is 25.3 Å². The fourth-order valence-corrected chi connectivity index (χ4v) is 2.29. The number of nitrogens with zero attached hydrogens (tertiary/aromatic N) is 3. The van der Waals surface area contributed by atoms with Crippen molar-refractivity contribution < 1.29 is 17.9 Å². The van der Waals surface area contributed by atoms with E-state index in [0.717, 1.165) is 12.3 Å². The Morgan fingerprint density at radius 2 is 2.19 bits per heavy atom. The van der Waals surface area contributed by atoms with E-state index in [1.807, 2.05) is 0 Å². The Balaban J connectivity index is 2.17. The minimum Gasteiger partial charge on any atom is -0.379 e. The molecule has 0 saturated carbocycles. The molecule has 9 nitrogen and oxygen atoms in total. The van der Waals surface area contributed by atoms with Crippen molar-refractivity contribution in [1.82, 2.24) is 10.1 Å². The molecule has 0 aliphatic carbocycles. The average molecular weight is 312 g/mol. The number of hydrogen-bond acceptors (Lipinski definition) is 8. The Labute approximate surface area is 120 Å². The lowest BCUT2D eigenvalue weighted by molar-refractivity contribution is -0.384. The van der Waals surface area contributed by atoms with Crippen LogP contribution in [0.4, 0.5) is 11.4 Å². The standard InChI is InChI=1S/C11H12N4O5S/c1-21(18,19)8-2-3-9(10(6-8)15(16)17)12-5-4-11-13-7-14-20-11/h2-3,6-7,12H,4-5H2,1H3. The zero-order valence-electron chi connectivity index (χ0n) is 11.0. The van der Waals surface area contributed by atoms with Crippen molar-refractivity contribution in [3.05, 3.63) is 40.5 Å². The van der Waals surface area contributed by atoms with Crippen molar-refractivity contribution in [2.75, 3.05) is 18.1 Å². The molecular weight excluding hydrogens is 300 g/mol. The summed E-state index contributed by atoms with van der Waals surface area (Å²) < 4.78 is 27.6. The highest BCUT2D eigenvalue weighted by atomic mass is 32.2. The number of benzene rings is 1. The van der Waals surface area contributed by atoms with Crippen LogP contribution in [0.25, 0.3) is 0 Å². The number of anilines is 1. The second-order valence-corrected chi connectivity index (χ2v) is 6.24. The van der Waals surface area contributed by atoms with Gasteiger partial charge in [0.05, 0.1) is 9.82 Å². The predicted molar refractivity (Wildman–Crippen MR) is 72.7 cm³/mol. The van der Waals surface area contributed by atoms with Gasteiger partial charge in [0.2, 0.25) is 5.89 Å². The third kappa shape index (κ3) is 3.75. The van der Waals surface area contributed by atoms with E-state index >= 15 is 0 Å². The molecule has 0 aliphatic rings. The van der Waals surface area contributed by atoms with E-state index in [9.17, 15) is 18.5 Å². The summed E-state index contributed by atoms with van der Waals surface area (Å²) in [5.74, 6) is 0.401. The zero-order chi connectivity index (χ0) is 15.5. The molecular formula is C11H12N4O5S. The fourth-order valence-electron chi connectivity index (χ4n) is 1.65. The number of nitrogens with one attached hydrogen (secondary N) is 1.